The zero-order chi connectivity index (χ0) is 14.0. The summed E-state index contributed by atoms with van der Waals surface area (Å²) in [5, 5.41) is 0. The van der Waals surface area contributed by atoms with Crippen molar-refractivity contribution in [2.75, 3.05) is 26.3 Å². The Labute approximate surface area is 114 Å². The molecule has 1 unspecified atom stereocenters. The van der Waals surface area contributed by atoms with E-state index in [4.69, 9.17) is 10.5 Å². The predicted octanol–water partition coefficient (Wildman–Crippen LogP) is 2.24. The van der Waals surface area contributed by atoms with Crippen LogP contribution in [0.1, 0.15) is 31.0 Å². The molecular weight excluding hydrogens is 243 g/mol. The van der Waals surface area contributed by atoms with Crippen molar-refractivity contribution in [2.24, 2.45) is 5.73 Å². The average molecular weight is 266 g/mol. The van der Waals surface area contributed by atoms with Crippen LogP contribution in [0.3, 0.4) is 0 Å². The van der Waals surface area contributed by atoms with Gasteiger partial charge in [-0.2, -0.15) is 0 Å². The highest BCUT2D eigenvalue weighted by Crippen LogP contribution is 2.31. The quantitative estimate of drug-likeness (QED) is 0.912. The summed E-state index contributed by atoms with van der Waals surface area (Å²) in [5.74, 6) is -0.211. The number of ether oxygens (including phenoxy) is 1. The van der Waals surface area contributed by atoms with Gasteiger partial charge in [-0.25, -0.2) is 4.39 Å². The van der Waals surface area contributed by atoms with Crippen LogP contribution in [0, 0.1) is 12.7 Å². The van der Waals surface area contributed by atoms with E-state index in [1.54, 1.807) is 12.1 Å². The lowest BCUT2D eigenvalue weighted by Gasteiger charge is -2.45. The first kappa shape index (κ1) is 14.4. The summed E-state index contributed by atoms with van der Waals surface area (Å²) in [4.78, 5) is 2.35. The number of hydrogen-bond donors (Lipinski definition) is 1. The number of halogens is 1. The van der Waals surface area contributed by atoms with Gasteiger partial charge in [0, 0.05) is 24.7 Å². The van der Waals surface area contributed by atoms with Gasteiger partial charge in [0.05, 0.1) is 13.2 Å². The number of nitrogens with two attached hydrogens (primary N) is 1. The molecule has 0 spiro atoms. The molecule has 1 aromatic rings. The van der Waals surface area contributed by atoms with Crippen molar-refractivity contribution in [3.05, 3.63) is 35.1 Å². The van der Waals surface area contributed by atoms with Crippen LogP contribution in [0.15, 0.2) is 18.2 Å². The molecule has 1 atom stereocenters. The summed E-state index contributed by atoms with van der Waals surface area (Å²) >= 11 is 0. The molecule has 1 aliphatic heterocycles. The fraction of sp³-hybridized carbons (Fsp3) is 0.600. The van der Waals surface area contributed by atoms with Crippen molar-refractivity contribution in [2.45, 2.75) is 32.4 Å². The molecule has 0 radical (unpaired) electrons. The van der Waals surface area contributed by atoms with E-state index in [1.165, 1.54) is 6.07 Å². The Kier molecular flexibility index (Phi) is 4.23. The molecule has 0 aromatic heterocycles. The summed E-state index contributed by atoms with van der Waals surface area (Å²) in [7, 11) is 0. The molecular formula is C15H23FN2O. The molecule has 1 fully saturated rings. The van der Waals surface area contributed by atoms with Crippen molar-refractivity contribution in [1.29, 1.82) is 0 Å². The van der Waals surface area contributed by atoms with Crippen LogP contribution < -0.4 is 5.73 Å². The van der Waals surface area contributed by atoms with Gasteiger partial charge in [0.25, 0.3) is 0 Å². The van der Waals surface area contributed by atoms with Gasteiger partial charge in [0.15, 0.2) is 0 Å². The van der Waals surface area contributed by atoms with E-state index < -0.39 is 0 Å². The topological polar surface area (TPSA) is 38.5 Å². The second kappa shape index (κ2) is 5.57. The molecule has 0 aliphatic carbocycles. The number of hydrogen-bond acceptors (Lipinski definition) is 3. The average Bonchev–Trinajstić information content (AvgIpc) is 2.39. The van der Waals surface area contributed by atoms with Gasteiger partial charge in [0.2, 0.25) is 0 Å². The zero-order valence-corrected chi connectivity index (χ0v) is 11.9. The standard InChI is InChI=1S/C15H23FN2O/c1-11-10-12(16)4-5-13(11)14(17)15(2,3)18-6-8-19-9-7-18/h4-5,10,14H,6-9,17H2,1-3H3. The minimum atomic E-state index is -0.211. The van der Waals surface area contributed by atoms with Crippen LogP contribution >= 0.6 is 0 Å². The molecule has 2 N–H and O–H groups in total. The lowest BCUT2D eigenvalue weighted by atomic mass is 9.85. The third kappa shape index (κ3) is 2.96. The van der Waals surface area contributed by atoms with E-state index in [0.717, 1.165) is 37.4 Å². The summed E-state index contributed by atoms with van der Waals surface area (Å²) in [6, 6.07) is 4.69. The molecule has 1 heterocycles. The fourth-order valence-electron chi connectivity index (χ4n) is 2.70. The Hall–Kier alpha value is -0.970. The molecule has 1 aliphatic rings. The SMILES string of the molecule is Cc1cc(F)ccc1C(N)C(C)(C)N1CCOCC1. The Morgan fingerprint density at radius 2 is 1.95 bits per heavy atom. The first-order valence-electron chi connectivity index (χ1n) is 6.77. The van der Waals surface area contributed by atoms with E-state index in [2.05, 4.69) is 18.7 Å². The number of nitrogens with zero attached hydrogens (tertiary/aromatic N) is 1. The third-order valence-corrected chi connectivity index (χ3v) is 4.15. The summed E-state index contributed by atoms with van der Waals surface area (Å²) in [5.41, 5.74) is 8.20. The molecule has 0 saturated carbocycles. The highest BCUT2D eigenvalue weighted by atomic mass is 19.1. The number of morpholine rings is 1. The van der Waals surface area contributed by atoms with E-state index in [9.17, 15) is 4.39 Å². The zero-order valence-electron chi connectivity index (χ0n) is 11.9. The van der Waals surface area contributed by atoms with Gasteiger partial charge < -0.3 is 10.5 Å². The van der Waals surface area contributed by atoms with E-state index in [0.29, 0.717) is 0 Å². The summed E-state index contributed by atoms with van der Waals surface area (Å²) < 4.78 is 18.6. The number of aryl methyl sites for hydroxylation is 1. The molecule has 0 amide bonds. The Morgan fingerprint density at radius 3 is 2.53 bits per heavy atom. The third-order valence-electron chi connectivity index (χ3n) is 4.15. The maximum Gasteiger partial charge on any atom is 0.123 e. The van der Waals surface area contributed by atoms with Crippen LogP contribution in [0.4, 0.5) is 4.39 Å². The predicted molar refractivity (Wildman–Crippen MR) is 74.5 cm³/mol. The van der Waals surface area contributed by atoms with Gasteiger partial charge in [-0.05, 0) is 44.0 Å². The molecule has 3 nitrogen and oxygen atoms in total. The van der Waals surface area contributed by atoms with Crippen molar-refractivity contribution >= 4 is 0 Å². The molecule has 4 heteroatoms. The maximum atomic E-state index is 13.2. The second-order valence-corrected chi connectivity index (χ2v) is 5.73. The minimum absolute atomic E-state index is 0.147. The molecule has 0 bridgehead atoms. The molecule has 2 rings (SSSR count). The normalized spacial score (nSPS) is 19.4. The van der Waals surface area contributed by atoms with Crippen molar-refractivity contribution in [3.8, 4) is 0 Å². The van der Waals surface area contributed by atoms with E-state index >= 15 is 0 Å². The first-order chi connectivity index (χ1) is 8.93. The Balaban J connectivity index is 2.23. The highest BCUT2D eigenvalue weighted by molar-refractivity contribution is 5.31. The van der Waals surface area contributed by atoms with Crippen LogP contribution in [0.2, 0.25) is 0 Å². The van der Waals surface area contributed by atoms with Crippen molar-refractivity contribution in [1.82, 2.24) is 4.90 Å². The Bertz CT molecular complexity index is 442. The number of rotatable bonds is 3. The van der Waals surface area contributed by atoms with Crippen molar-refractivity contribution < 1.29 is 9.13 Å². The van der Waals surface area contributed by atoms with Crippen LogP contribution in [0.5, 0.6) is 0 Å². The van der Waals surface area contributed by atoms with Gasteiger partial charge in [0.1, 0.15) is 5.82 Å². The van der Waals surface area contributed by atoms with Crippen molar-refractivity contribution in [3.63, 3.8) is 0 Å². The Morgan fingerprint density at radius 1 is 1.32 bits per heavy atom. The lowest BCUT2D eigenvalue weighted by molar-refractivity contribution is -0.0191. The fourth-order valence-corrected chi connectivity index (χ4v) is 2.70. The van der Waals surface area contributed by atoms with E-state index in [1.807, 2.05) is 6.92 Å². The molecule has 19 heavy (non-hydrogen) atoms. The van der Waals surface area contributed by atoms with Gasteiger partial charge in [-0.1, -0.05) is 6.07 Å². The van der Waals surface area contributed by atoms with Crippen LogP contribution in [-0.2, 0) is 4.74 Å². The van der Waals surface area contributed by atoms with E-state index in [-0.39, 0.29) is 17.4 Å². The second-order valence-electron chi connectivity index (χ2n) is 5.73. The summed E-state index contributed by atoms with van der Waals surface area (Å²) in [6.07, 6.45) is 0. The van der Waals surface area contributed by atoms with Gasteiger partial charge in [-0.15, -0.1) is 0 Å². The highest BCUT2D eigenvalue weighted by Gasteiger charge is 2.35. The van der Waals surface area contributed by atoms with Crippen LogP contribution in [0.25, 0.3) is 0 Å². The van der Waals surface area contributed by atoms with Crippen LogP contribution in [-0.4, -0.2) is 36.7 Å². The molecule has 1 saturated heterocycles. The maximum absolute atomic E-state index is 13.2. The summed E-state index contributed by atoms with van der Waals surface area (Å²) in [6.45, 7) is 9.48. The van der Waals surface area contributed by atoms with Gasteiger partial charge in [-0.3, -0.25) is 4.90 Å². The largest absolute Gasteiger partial charge is 0.379 e. The minimum Gasteiger partial charge on any atom is -0.379 e. The smallest absolute Gasteiger partial charge is 0.123 e. The number of benzene rings is 1. The first-order valence-corrected chi connectivity index (χ1v) is 6.77. The monoisotopic (exact) mass is 266 g/mol. The molecule has 106 valence electrons. The molecule has 1 aromatic carbocycles. The van der Waals surface area contributed by atoms with Gasteiger partial charge >= 0.3 is 0 Å². The lowest BCUT2D eigenvalue weighted by Crippen LogP contribution is -2.55.